The second-order valence-electron chi connectivity index (χ2n) is 4.01. The monoisotopic (exact) mass is 199 g/mol. The maximum atomic E-state index is 11.3. The van der Waals surface area contributed by atoms with Crippen LogP contribution in [0.5, 0.6) is 0 Å². The van der Waals surface area contributed by atoms with Gasteiger partial charge in [-0.25, -0.2) is 0 Å². The van der Waals surface area contributed by atoms with Gasteiger partial charge in [0.15, 0.2) is 0 Å². The van der Waals surface area contributed by atoms with Gasteiger partial charge >= 0.3 is 0 Å². The molecule has 0 saturated heterocycles. The van der Waals surface area contributed by atoms with E-state index in [0.29, 0.717) is 0 Å². The summed E-state index contributed by atoms with van der Waals surface area (Å²) in [6.45, 7) is 3.56. The van der Waals surface area contributed by atoms with E-state index in [0.717, 1.165) is 19.1 Å². The first-order valence-corrected chi connectivity index (χ1v) is 5.30. The zero-order chi connectivity index (χ0) is 10.6. The lowest BCUT2D eigenvalue weighted by Crippen LogP contribution is -2.43. The number of carbonyl (C=O) groups excluding carboxylic acids is 1. The fourth-order valence-electron chi connectivity index (χ4n) is 1.34. The standard InChI is InChI=1S/C10H21N3O/c1-8(11-2)10(14)12-6-7-13(3)9-4-5-9/h8-9,11H,4-7H2,1-3H3,(H,12,14). The molecule has 0 aliphatic heterocycles. The number of nitrogens with one attached hydrogen (secondary N) is 2. The fraction of sp³-hybridized carbons (Fsp3) is 0.900. The molecule has 0 bridgehead atoms. The van der Waals surface area contributed by atoms with E-state index in [1.54, 1.807) is 7.05 Å². The lowest BCUT2D eigenvalue weighted by molar-refractivity contribution is -0.122. The fourth-order valence-corrected chi connectivity index (χ4v) is 1.34. The van der Waals surface area contributed by atoms with E-state index in [2.05, 4.69) is 22.6 Å². The van der Waals surface area contributed by atoms with Crippen LogP contribution in [-0.2, 0) is 4.79 Å². The number of hydrogen-bond donors (Lipinski definition) is 2. The SMILES string of the molecule is CNC(C)C(=O)NCCN(C)C1CC1. The van der Waals surface area contributed by atoms with Crippen LogP contribution in [0.4, 0.5) is 0 Å². The lowest BCUT2D eigenvalue weighted by Gasteiger charge is -2.17. The summed E-state index contributed by atoms with van der Waals surface area (Å²) in [5.41, 5.74) is 0. The molecule has 1 saturated carbocycles. The highest BCUT2D eigenvalue weighted by atomic mass is 16.2. The Morgan fingerprint density at radius 3 is 2.71 bits per heavy atom. The van der Waals surface area contributed by atoms with Crippen LogP contribution < -0.4 is 10.6 Å². The molecule has 1 amide bonds. The van der Waals surface area contributed by atoms with Crippen LogP contribution in [0.15, 0.2) is 0 Å². The third-order valence-corrected chi connectivity index (χ3v) is 2.76. The molecule has 0 radical (unpaired) electrons. The van der Waals surface area contributed by atoms with Crippen LogP contribution in [-0.4, -0.2) is 50.1 Å². The molecule has 0 aromatic heterocycles. The molecule has 1 atom stereocenters. The van der Waals surface area contributed by atoms with Crippen LogP contribution in [0, 0.1) is 0 Å². The van der Waals surface area contributed by atoms with Gasteiger partial charge in [0.2, 0.25) is 5.91 Å². The topological polar surface area (TPSA) is 44.4 Å². The van der Waals surface area contributed by atoms with Crippen molar-refractivity contribution in [2.24, 2.45) is 0 Å². The van der Waals surface area contributed by atoms with Crippen LogP contribution in [0.25, 0.3) is 0 Å². The molecule has 82 valence electrons. The molecule has 1 aliphatic carbocycles. The summed E-state index contributed by atoms with van der Waals surface area (Å²) in [5.74, 6) is 0.0803. The average Bonchev–Trinajstić information content (AvgIpc) is 2.99. The Morgan fingerprint density at radius 2 is 2.21 bits per heavy atom. The third-order valence-electron chi connectivity index (χ3n) is 2.76. The minimum Gasteiger partial charge on any atom is -0.353 e. The van der Waals surface area contributed by atoms with Gasteiger partial charge in [-0.15, -0.1) is 0 Å². The highest BCUT2D eigenvalue weighted by Crippen LogP contribution is 2.24. The molecule has 2 N–H and O–H groups in total. The number of nitrogens with zero attached hydrogens (tertiary/aromatic N) is 1. The zero-order valence-corrected chi connectivity index (χ0v) is 9.34. The van der Waals surface area contributed by atoms with E-state index in [1.165, 1.54) is 12.8 Å². The Bertz CT molecular complexity index is 192. The molecule has 0 spiro atoms. The summed E-state index contributed by atoms with van der Waals surface area (Å²) in [7, 11) is 3.91. The molecule has 4 nitrogen and oxygen atoms in total. The summed E-state index contributed by atoms with van der Waals surface area (Å²) in [6.07, 6.45) is 2.63. The zero-order valence-electron chi connectivity index (χ0n) is 9.34. The van der Waals surface area contributed by atoms with Gasteiger partial charge in [-0.3, -0.25) is 4.79 Å². The van der Waals surface area contributed by atoms with Gasteiger partial charge < -0.3 is 15.5 Å². The van der Waals surface area contributed by atoms with Crippen molar-refractivity contribution in [1.29, 1.82) is 0 Å². The Morgan fingerprint density at radius 1 is 1.57 bits per heavy atom. The normalized spacial score (nSPS) is 18.3. The van der Waals surface area contributed by atoms with E-state index in [4.69, 9.17) is 0 Å². The van der Waals surface area contributed by atoms with Gasteiger partial charge in [0, 0.05) is 19.1 Å². The minimum absolute atomic E-state index is 0.0803. The average molecular weight is 199 g/mol. The van der Waals surface area contributed by atoms with E-state index >= 15 is 0 Å². The van der Waals surface area contributed by atoms with E-state index in [9.17, 15) is 4.79 Å². The molecule has 0 aromatic rings. The van der Waals surface area contributed by atoms with Crippen LogP contribution >= 0.6 is 0 Å². The first-order chi connectivity index (χ1) is 6.65. The van der Waals surface area contributed by atoms with Crippen LogP contribution in [0.2, 0.25) is 0 Å². The van der Waals surface area contributed by atoms with Crippen molar-refractivity contribution < 1.29 is 4.79 Å². The quantitative estimate of drug-likeness (QED) is 0.623. The maximum absolute atomic E-state index is 11.3. The minimum atomic E-state index is -0.0961. The van der Waals surface area contributed by atoms with Crippen molar-refractivity contribution in [2.45, 2.75) is 31.8 Å². The Balaban J connectivity index is 2.04. The Kier molecular flexibility index (Phi) is 4.35. The number of hydrogen-bond acceptors (Lipinski definition) is 3. The molecule has 0 heterocycles. The van der Waals surface area contributed by atoms with Crippen LogP contribution in [0.3, 0.4) is 0 Å². The van der Waals surface area contributed by atoms with E-state index < -0.39 is 0 Å². The van der Waals surface area contributed by atoms with Crippen molar-refractivity contribution in [3.63, 3.8) is 0 Å². The predicted octanol–water partition coefficient (Wildman–Crippen LogP) is -0.195. The molecule has 1 unspecified atom stereocenters. The summed E-state index contributed by atoms with van der Waals surface area (Å²) in [5, 5.41) is 5.82. The van der Waals surface area contributed by atoms with Crippen molar-refractivity contribution in [2.75, 3.05) is 27.2 Å². The second-order valence-corrected chi connectivity index (χ2v) is 4.01. The smallest absolute Gasteiger partial charge is 0.236 e. The number of carbonyl (C=O) groups is 1. The largest absolute Gasteiger partial charge is 0.353 e. The molecule has 1 rings (SSSR count). The van der Waals surface area contributed by atoms with Gasteiger partial charge in [0.1, 0.15) is 0 Å². The number of rotatable bonds is 6. The number of amides is 1. The van der Waals surface area contributed by atoms with Gasteiger partial charge in [-0.05, 0) is 33.9 Å². The van der Waals surface area contributed by atoms with Gasteiger partial charge in [0.05, 0.1) is 6.04 Å². The first-order valence-electron chi connectivity index (χ1n) is 5.30. The molecule has 1 aliphatic rings. The highest BCUT2D eigenvalue weighted by Gasteiger charge is 2.25. The van der Waals surface area contributed by atoms with Crippen molar-refractivity contribution in [3.05, 3.63) is 0 Å². The molecule has 4 heteroatoms. The Labute approximate surface area is 86.0 Å². The summed E-state index contributed by atoms with van der Waals surface area (Å²) in [4.78, 5) is 13.7. The molecular formula is C10H21N3O. The van der Waals surface area contributed by atoms with Crippen molar-refractivity contribution in [1.82, 2.24) is 15.5 Å². The van der Waals surface area contributed by atoms with Crippen LogP contribution in [0.1, 0.15) is 19.8 Å². The summed E-state index contributed by atoms with van der Waals surface area (Å²) < 4.78 is 0. The molecule has 0 aromatic carbocycles. The van der Waals surface area contributed by atoms with E-state index in [-0.39, 0.29) is 11.9 Å². The second kappa shape index (κ2) is 5.32. The Hall–Kier alpha value is -0.610. The molecule has 14 heavy (non-hydrogen) atoms. The van der Waals surface area contributed by atoms with Gasteiger partial charge in [0.25, 0.3) is 0 Å². The molecule has 1 fully saturated rings. The number of likely N-dealkylation sites (N-methyl/N-ethyl adjacent to an activating group) is 2. The maximum Gasteiger partial charge on any atom is 0.236 e. The van der Waals surface area contributed by atoms with E-state index in [1.807, 2.05) is 6.92 Å². The first kappa shape index (κ1) is 11.5. The lowest BCUT2D eigenvalue weighted by atomic mass is 10.3. The van der Waals surface area contributed by atoms with Gasteiger partial charge in [-0.2, -0.15) is 0 Å². The van der Waals surface area contributed by atoms with Gasteiger partial charge in [-0.1, -0.05) is 0 Å². The van der Waals surface area contributed by atoms with Crippen molar-refractivity contribution >= 4 is 5.91 Å². The third kappa shape index (κ3) is 3.64. The predicted molar refractivity (Wildman–Crippen MR) is 57.2 cm³/mol. The summed E-state index contributed by atoms with van der Waals surface area (Å²) in [6, 6.07) is 0.676. The molecular weight excluding hydrogens is 178 g/mol. The highest BCUT2D eigenvalue weighted by molar-refractivity contribution is 5.81. The summed E-state index contributed by atoms with van der Waals surface area (Å²) >= 11 is 0. The van der Waals surface area contributed by atoms with Crippen molar-refractivity contribution in [3.8, 4) is 0 Å².